The molecular weight excluding hydrogens is 250 g/mol. The molecular formula is C13H19NO3S. The Morgan fingerprint density at radius 3 is 2.39 bits per heavy atom. The van der Waals surface area contributed by atoms with Crippen molar-refractivity contribution >= 4 is 9.84 Å². The quantitative estimate of drug-likeness (QED) is 0.858. The molecule has 0 bridgehead atoms. The average molecular weight is 269 g/mol. The Bertz CT molecular complexity index is 514. The van der Waals surface area contributed by atoms with Crippen LogP contribution in [0.4, 0.5) is 0 Å². The van der Waals surface area contributed by atoms with E-state index in [9.17, 15) is 8.42 Å². The van der Waals surface area contributed by atoms with Crippen LogP contribution in [-0.2, 0) is 14.6 Å². The minimum atomic E-state index is -3.13. The molecule has 1 aromatic carbocycles. The maximum absolute atomic E-state index is 11.9. The van der Waals surface area contributed by atoms with Crippen molar-refractivity contribution < 1.29 is 13.2 Å². The van der Waals surface area contributed by atoms with Crippen LogP contribution in [0.1, 0.15) is 11.5 Å². The number of benzene rings is 1. The van der Waals surface area contributed by atoms with Crippen molar-refractivity contribution in [1.82, 2.24) is 0 Å². The Morgan fingerprint density at radius 1 is 1.33 bits per heavy atom. The van der Waals surface area contributed by atoms with Gasteiger partial charge in [-0.2, -0.15) is 0 Å². The first-order chi connectivity index (χ1) is 8.47. The molecule has 0 radical (unpaired) electrons. The van der Waals surface area contributed by atoms with Gasteiger partial charge in [0.25, 0.3) is 0 Å². The van der Waals surface area contributed by atoms with Crippen molar-refractivity contribution in [2.45, 2.75) is 11.2 Å². The lowest BCUT2D eigenvalue weighted by Crippen LogP contribution is -2.28. The molecule has 1 saturated carbocycles. The van der Waals surface area contributed by atoms with E-state index in [1.165, 1.54) is 6.26 Å². The summed E-state index contributed by atoms with van der Waals surface area (Å²) in [7, 11) is -1.55. The van der Waals surface area contributed by atoms with Crippen LogP contribution >= 0.6 is 0 Å². The normalized spacial score (nSPS) is 31.3. The summed E-state index contributed by atoms with van der Waals surface area (Å²) < 4.78 is 29.0. The van der Waals surface area contributed by atoms with Crippen molar-refractivity contribution in [3.05, 3.63) is 35.9 Å². The molecule has 18 heavy (non-hydrogen) atoms. The fourth-order valence-electron chi connectivity index (χ4n) is 3.04. The van der Waals surface area contributed by atoms with E-state index in [0.29, 0.717) is 13.2 Å². The molecule has 4 nitrogen and oxygen atoms in total. The third-order valence-corrected chi connectivity index (χ3v) is 5.46. The lowest BCUT2D eigenvalue weighted by atomic mass is 10.0. The molecule has 0 spiro atoms. The molecule has 0 unspecified atom stereocenters. The number of rotatable bonds is 5. The van der Waals surface area contributed by atoms with Gasteiger partial charge in [0.1, 0.15) is 0 Å². The molecule has 2 N–H and O–H groups in total. The summed E-state index contributed by atoms with van der Waals surface area (Å²) in [5.74, 6) is -0.0568. The van der Waals surface area contributed by atoms with Gasteiger partial charge in [-0.25, -0.2) is 8.42 Å². The molecule has 5 heteroatoms. The fourth-order valence-corrected chi connectivity index (χ4v) is 5.04. The molecule has 100 valence electrons. The Morgan fingerprint density at radius 2 is 1.94 bits per heavy atom. The van der Waals surface area contributed by atoms with E-state index in [1.807, 2.05) is 30.3 Å². The number of hydrogen-bond donors (Lipinski definition) is 1. The number of sulfone groups is 1. The Balaban J connectivity index is 2.40. The first-order valence-corrected chi connectivity index (χ1v) is 7.85. The van der Waals surface area contributed by atoms with Crippen molar-refractivity contribution in [1.29, 1.82) is 0 Å². The van der Waals surface area contributed by atoms with E-state index in [2.05, 4.69) is 0 Å². The number of nitrogens with two attached hydrogens (primary N) is 1. The Kier molecular flexibility index (Phi) is 3.49. The highest BCUT2D eigenvalue weighted by atomic mass is 32.2. The predicted molar refractivity (Wildman–Crippen MR) is 71.2 cm³/mol. The van der Waals surface area contributed by atoms with Crippen LogP contribution in [-0.4, -0.2) is 40.2 Å². The summed E-state index contributed by atoms with van der Waals surface area (Å²) in [4.78, 5) is 0. The van der Waals surface area contributed by atoms with E-state index in [0.717, 1.165) is 5.56 Å². The molecule has 1 aliphatic carbocycles. The van der Waals surface area contributed by atoms with Crippen LogP contribution in [0.2, 0.25) is 0 Å². The largest absolute Gasteiger partial charge is 0.384 e. The second kappa shape index (κ2) is 4.64. The van der Waals surface area contributed by atoms with Crippen LogP contribution in [0, 0.1) is 5.41 Å². The average Bonchev–Trinajstić information content (AvgIpc) is 3.00. The van der Waals surface area contributed by atoms with Crippen LogP contribution < -0.4 is 5.73 Å². The number of hydrogen-bond acceptors (Lipinski definition) is 4. The maximum Gasteiger partial charge on any atom is 0.151 e. The van der Waals surface area contributed by atoms with E-state index >= 15 is 0 Å². The summed E-state index contributed by atoms with van der Waals surface area (Å²) in [6, 6.07) is 9.66. The molecule has 2 rings (SSSR count). The van der Waals surface area contributed by atoms with Crippen LogP contribution in [0.5, 0.6) is 0 Å². The van der Waals surface area contributed by atoms with Crippen molar-refractivity contribution in [2.24, 2.45) is 11.1 Å². The first-order valence-electron chi connectivity index (χ1n) is 5.90. The number of ether oxygens (including phenoxy) is 1. The van der Waals surface area contributed by atoms with E-state index in [-0.39, 0.29) is 5.92 Å². The molecule has 1 fully saturated rings. The smallest absolute Gasteiger partial charge is 0.151 e. The Labute approximate surface area is 108 Å². The van der Waals surface area contributed by atoms with E-state index in [1.54, 1.807) is 7.11 Å². The van der Waals surface area contributed by atoms with Gasteiger partial charge in [0.2, 0.25) is 0 Å². The van der Waals surface area contributed by atoms with Crippen LogP contribution in [0.15, 0.2) is 30.3 Å². The summed E-state index contributed by atoms with van der Waals surface area (Å²) in [5, 5.41) is -0.433. The highest BCUT2D eigenvalue weighted by Gasteiger charge is 2.68. The lowest BCUT2D eigenvalue weighted by molar-refractivity contribution is 0.142. The van der Waals surface area contributed by atoms with Crippen LogP contribution in [0.25, 0.3) is 0 Å². The Hall–Kier alpha value is -0.910. The van der Waals surface area contributed by atoms with Crippen molar-refractivity contribution in [2.75, 3.05) is 26.5 Å². The molecule has 0 saturated heterocycles. The van der Waals surface area contributed by atoms with Gasteiger partial charge in [0.15, 0.2) is 9.84 Å². The third-order valence-electron chi connectivity index (χ3n) is 3.79. The molecule has 0 heterocycles. The molecule has 0 aromatic heterocycles. The number of methoxy groups -OCH3 is 1. The monoisotopic (exact) mass is 269 g/mol. The van der Waals surface area contributed by atoms with Crippen molar-refractivity contribution in [3.63, 3.8) is 0 Å². The van der Waals surface area contributed by atoms with Gasteiger partial charge in [-0.15, -0.1) is 0 Å². The zero-order valence-corrected chi connectivity index (χ0v) is 11.5. The first kappa shape index (κ1) is 13.5. The van der Waals surface area contributed by atoms with Gasteiger partial charge < -0.3 is 10.5 Å². The van der Waals surface area contributed by atoms with Gasteiger partial charge in [-0.05, 0) is 5.56 Å². The topological polar surface area (TPSA) is 69.4 Å². The highest BCUT2D eigenvalue weighted by molar-refractivity contribution is 7.91. The minimum absolute atomic E-state index is 0.0568. The molecule has 1 aromatic rings. The predicted octanol–water partition coefficient (Wildman–Crippen LogP) is 0.789. The van der Waals surface area contributed by atoms with Crippen molar-refractivity contribution in [3.8, 4) is 0 Å². The molecule has 1 aliphatic rings. The van der Waals surface area contributed by atoms with Crippen LogP contribution in [0.3, 0.4) is 0 Å². The zero-order chi connectivity index (χ0) is 13.4. The summed E-state index contributed by atoms with van der Waals surface area (Å²) >= 11 is 0. The lowest BCUT2D eigenvalue weighted by Gasteiger charge is -2.14. The summed E-state index contributed by atoms with van der Waals surface area (Å²) in [6.07, 6.45) is 1.28. The zero-order valence-electron chi connectivity index (χ0n) is 10.7. The van der Waals surface area contributed by atoms with Gasteiger partial charge in [-0.1, -0.05) is 30.3 Å². The van der Waals surface area contributed by atoms with Gasteiger partial charge >= 0.3 is 0 Å². The van der Waals surface area contributed by atoms with E-state index < -0.39 is 20.5 Å². The third kappa shape index (κ3) is 2.06. The summed E-state index contributed by atoms with van der Waals surface area (Å²) in [6.45, 7) is 0.693. The second-order valence-electron chi connectivity index (χ2n) is 5.01. The second-order valence-corrected chi connectivity index (χ2v) is 7.18. The maximum atomic E-state index is 11.9. The van der Waals surface area contributed by atoms with Gasteiger partial charge in [-0.3, -0.25) is 0 Å². The molecule has 0 aliphatic heterocycles. The van der Waals surface area contributed by atoms with Gasteiger partial charge in [0.05, 0.1) is 11.9 Å². The minimum Gasteiger partial charge on any atom is -0.384 e. The molecule has 3 atom stereocenters. The fraction of sp³-hybridized carbons (Fsp3) is 0.538. The SMILES string of the molecule is COC[C@]1(CN)[C@H](c2ccccc2)[C@H]1S(C)(=O)=O. The van der Waals surface area contributed by atoms with E-state index in [4.69, 9.17) is 10.5 Å². The highest BCUT2D eigenvalue weighted by Crippen LogP contribution is 2.62. The summed E-state index contributed by atoms with van der Waals surface area (Å²) in [5.41, 5.74) is 6.38. The van der Waals surface area contributed by atoms with Gasteiger partial charge in [0, 0.05) is 31.2 Å². The molecule has 0 amide bonds. The standard InChI is InChI=1S/C13H19NO3S/c1-17-9-13(8-14)11(12(13)18(2,15)16)10-6-4-3-5-7-10/h3-7,11-12H,8-9,14H2,1-2H3/t11-,12-,13-/m1/s1.